The molecule has 2 heterocycles. The van der Waals surface area contributed by atoms with Crippen LogP contribution in [-0.4, -0.2) is 127 Å². The largest absolute Gasteiger partial charge is 0.432 e. The van der Waals surface area contributed by atoms with Gasteiger partial charge in [0.05, 0.1) is 30.3 Å². The fourth-order valence-electron chi connectivity index (χ4n) is 13.5. The van der Waals surface area contributed by atoms with E-state index >= 15 is 0 Å². The average molecular weight is 767 g/mol. The topological polar surface area (TPSA) is 216 Å². The van der Waals surface area contributed by atoms with Crippen LogP contribution in [0.4, 0.5) is 0 Å². The summed E-state index contributed by atoms with van der Waals surface area (Å²) in [5.41, 5.74) is -2.15. The third kappa shape index (κ3) is 5.68. The Kier molecular flexibility index (Phi) is 10.4. The van der Waals surface area contributed by atoms with Crippen LogP contribution in [0.3, 0.4) is 0 Å². The van der Waals surface area contributed by atoms with Crippen molar-refractivity contribution in [2.75, 3.05) is 13.2 Å². The Morgan fingerprint density at radius 3 is 2.19 bits per heavy atom. The molecule has 8 N–H and O–H groups in total. The van der Waals surface area contributed by atoms with Gasteiger partial charge in [-0.25, -0.2) is 0 Å². The summed E-state index contributed by atoms with van der Waals surface area (Å²) in [6, 6.07) is 0. The lowest BCUT2D eigenvalue weighted by atomic mass is 9.33. The van der Waals surface area contributed by atoms with Gasteiger partial charge in [-0.1, -0.05) is 53.2 Å². The summed E-state index contributed by atoms with van der Waals surface area (Å²) in [6.45, 7) is 14.8. The molecule has 0 spiro atoms. The maximum Gasteiger partial charge on any atom is 0.315 e. The van der Waals surface area contributed by atoms with Crippen LogP contribution in [0.25, 0.3) is 0 Å². The molecule has 6 fully saturated rings. The molecule has 7 aliphatic rings. The molecule has 0 radical (unpaired) electrons. The average Bonchev–Trinajstić information content (AvgIpc) is 3.11. The monoisotopic (exact) mass is 766 g/mol. The Hall–Kier alpha value is -1.23. The van der Waals surface area contributed by atoms with Gasteiger partial charge in [-0.2, -0.15) is 0 Å². The number of fused-ring (bicyclic) bond motifs is 7. The Bertz CT molecular complexity index is 1470. The van der Waals surface area contributed by atoms with Crippen molar-refractivity contribution < 1.29 is 64.6 Å². The number of ether oxygens (including phenoxy) is 4. The third-order valence-corrected chi connectivity index (χ3v) is 17.2. The zero-order valence-electron chi connectivity index (χ0n) is 33.1. The molecule has 7 rings (SSSR count). The fourth-order valence-corrected chi connectivity index (χ4v) is 13.5. The molecule has 54 heavy (non-hydrogen) atoms. The molecule has 4 saturated carbocycles. The van der Waals surface area contributed by atoms with Crippen LogP contribution in [0.1, 0.15) is 106 Å². The first-order valence-corrected chi connectivity index (χ1v) is 20.4. The van der Waals surface area contributed by atoms with Gasteiger partial charge < -0.3 is 59.8 Å². The van der Waals surface area contributed by atoms with Gasteiger partial charge in [0.2, 0.25) is 6.29 Å². The number of rotatable bonds is 5. The van der Waals surface area contributed by atoms with E-state index in [0.29, 0.717) is 31.6 Å². The molecule has 0 aromatic heterocycles. The van der Waals surface area contributed by atoms with E-state index < -0.39 is 84.8 Å². The Labute approximate surface area is 319 Å². The van der Waals surface area contributed by atoms with Crippen LogP contribution < -0.4 is 0 Å². The quantitative estimate of drug-likeness (QED) is 0.114. The first kappa shape index (κ1) is 40.9. The number of carbonyl (C=O) groups excluding carboxylic acids is 1. The highest BCUT2D eigenvalue weighted by atomic mass is 16.7. The van der Waals surface area contributed by atoms with Gasteiger partial charge in [0.25, 0.3) is 0 Å². The van der Waals surface area contributed by atoms with E-state index in [4.69, 9.17) is 18.9 Å². The van der Waals surface area contributed by atoms with Gasteiger partial charge in [0.15, 0.2) is 6.29 Å². The SMILES string of the molecule is CC1CC[C@]2(C(=O)O[C@@H]3O[C@H](CO)[C@@H](O)[C@@H](O)[C@H]3O)CCC3(C)C(=CCC4[C@@]5(C)CC[C@H](O[C@@H]6OC[C@@H](O)[C@@H](O)[C@H]6O)C(C)(C)C5CC[C@]43C)[C@@H]2[C@]1(C)O. The number of carbonyl (C=O) groups is 1. The maximum atomic E-state index is 14.6. The summed E-state index contributed by atoms with van der Waals surface area (Å²) in [7, 11) is 0. The molecule has 4 unspecified atom stereocenters. The van der Waals surface area contributed by atoms with Gasteiger partial charge in [-0.3, -0.25) is 4.79 Å². The number of aliphatic hydroxyl groups excluding tert-OH is 7. The van der Waals surface area contributed by atoms with Gasteiger partial charge in [-0.15, -0.1) is 0 Å². The number of esters is 1. The molecular formula is C41H66O13. The zero-order chi connectivity index (χ0) is 39.6. The fraction of sp³-hybridized carbons (Fsp3) is 0.927. The molecule has 0 aromatic carbocycles. The Balaban J connectivity index is 1.19. The van der Waals surface area contributed by atoms with Crippen LogP contribution in [-0.2, 0) is 23.7 Å². The van der Waals surface area contributed by atoms with E-state index in [1.165, 1.54) is 0 Å². The summed E-state index contributed by atoms with van der Waals surface area (Å²) in [4.78, 5) is 14.6. The highest BCUT2D eigenvalue weighted by Crippen LogP contribution is 2.76. The summed E-state index contributed by atoms with van der Waals surface area (Å²) >= 11 is 0. The van der Waals surface area contributed by atoms with E-state index in [9.17, 15) is 45.6 Å². The van der Waals surface area contributed by atoms with E-state index in [2.05, 4.69) is 40.7 Å². The normalized spacial score (nSPS) is 55.6. The van der Waals surface area contributed by atoms with Crippen molar-refractivity contribution in [3.8, 4) is 0 Å². The molecule has 13 nitrogen and oxygen atoms in total. The molecule has 0 aromatic rings. The van der Waals surface area contributed by atoms with Crippen LogP contribution in [0.15, 0.2) is 11.6 Å². The van der Waals surface area contributed by atoms with Crippen molar-refractivity contribution in [2.24, 2.45) is 50.7 Å². The first-order valence-electron chi connectivity index (χ1n) is 20.4. The van der Waals surface area contributed by atoms with Crippen molar-refractivity contribution in [3.05, 3.63) is 11.6 Å². The van der Waals surface area contributed by atoms with E-state index in [1.54, 1.807) is 0 Å². The number of allylic oxidation sites excluding steroid dienone is 1. The second kappa shape index (κ2) is 13.7. The van der Waals surface area contributed by atoms with Gasteiger partial charge in [0.1, 0.15) is 42.7 Å². The molecule has 0 amide bonds. The molecule has 2 saturated heterocycles. The second-order valence-corrected chi connectivity index (χ2v) is 19.9. The van der Waals surface area contributed by atoms with Crippen molar-refractivity contribution >= 4 is 5.97 Å². The van der Waals surface area contributed by atoms with Crippen molar-refractivity contribution in [1.82, 2.24) is 0 Å². The van der Waals surface area contributed by atoms with Crippen molar-refractivity contribution in [1.29, 1.82) is 0 Å². The highest BCUT2D eigenvalue weighted by Gasteiger charge is 2.72. The predicted molar refractivity (Wildman–Crippen MR) is 193 cm³/mol. The summed E-state index contributed by atoms with van der Waals surface area (Å²) in [6.07, 6.45) is -4.04. The maximum absolute atomic E-state index is 14.6. The van der Waals surface area contributed by atoms with Gasteiger partial charge in [-0.05, 0) is 104 Å². The zero-order valence-corrected chi connectivity index (χ0v) is 33.1. The van der Waals surface area contributed by atoms with Crippen LogP contribution in [0, 0.1) is 50.7 Å². The number of aliphatic hydroxyl groups is 8. The summed E-state index contributed by atoms with van der Waals surface area (Å²) in [5.74, 6) is -0.699. The molecule has 0 bridgehead atoms. The molecule has 19 atom stereocenters. The molecule has 2 aliphatic heterocycles. The van der Waals surface area contributed by atoms with Crippen molar-refractivity contribution in [3.63, 3.8) is 0 Å². The highest BCUT2D eigenvalue weighted by molar-refractivity contribution is 5.79. The first-order chi connectivity index (χ1) is 25.1. The lowest BCUT2D eigenvalue weighted by Gasteiger charge is -2.72. The van der Waals surface area contributed by atoms with Crippen molar-refractivity contribution in [2.45, 2.75) is 173 Å². The van der Waals surface area contributed by atoms with Crippen LogP contribution in [0.5, 0.6) is 0 Å². The summed E-state index contributed by atoms with van der Waals surface area (Å²) < 4.78 is 23.7. The molecule has 5 aliphatic carbocycles. The molecule has 13 heteroatoms. The Morgan fingerprint density at radius 2 is 1.50 bits per heavy atom. The number of hydrogen-bond acceptors (Lipinski definition) is 13. The van der Waals surface area contributed by atoms with E-state index in [1.807, 2.05) is 13.8 Å². The molecular weight excluding hydrogens is 700 g/mol. The lowest BCUT2D eigenvalue weighted by molar-refractivity contribution is -0.308. The molecule has 308 valence electrons. The van der Waals surface area contributed by atoms with Gasteiger partial charge in [0, 0.05) is 5.92 Å². The number of hydrogen-bond donors (Lipinski definition) is 8. The van der Waals surface area contributed by atoms with E-state index in [0.717, 1.165) is 37.7 Å². The standard InChI is InChI=1S/C41H66O13/c1-20-10-15-41(35(49)54-34-31(48)29(46)28(45)23(18-42)52-34)17-16-38(5)21(32(41)40(20,7)50)8-9-25-37(4)13-12-26(36(2,3)24(37)11-14-39(25,38)6)53-33-30(47)27(44)22(43)19-51-33/h8,20,22-34,42-48,50H,9-19H2,1-7H3/t20?,22-,23-,24?,25?,26+,27-,28-,29-,30-,31-,32-,33+,34+,37+,38?,39-,40-,41+/m1/s1. The third-order valence-electron chi connectivity index (χ3n) is 17.2. The Morgan fingerprint density at radius 1 is 0.815 bits per heavy atom. The van der Waals surface area contributed by atoms with Gasteiger partial charge >= 0.3 is 5.97 Å². The minimum absolute atomic E-state index is 0.0674. The van der Waals surface area contributed by atoms with Crippen LogP contribution in [0.2, 0.25) is 0 Å². The minimum atomic E-state index is -1.72. The van der Waals surface area contributed by atoms with E-state index in [-0.39, 0.29) is 46.2 Å². The summed E-state index contributed by atoms with van der Waals surface area (Å²) in [5, 5.41) is 84.8. The smallest absolute Gasteiger partial charge is 0.315 e. The van der Waals surface area contributed by atoms with Crippen LogP contribution >= 0.6 is 0 Å². The lowest BCUT2D eigenvalue weighted by Crippen LogP contribution is -2.68. The second-order valence-electron chi connectivity index (χ2n) is 19.9. The predicted octanol–water partition coefficient (Wildman–Crippen LogP) is 1.93. The minimum Gasteiger partial charge on any atom is -0.432 e.